The third-order valence-electron chi connectivity index (χ3n) is 2.81. The highest BCUT2D eigenvalue weighted by atomic mass is 16.4. The molecule has 0 aromatic rings. The third kappa shape index (κ3) is 14.9. The van der Waals surface area contributed by atoms with E-state index < -0.39 is 5.97 Å². The molecule has 18 heavy (non-hydrogen) atoms. The van der Waals surface area contributed by atoms with Gasteiger partial charge in [0.15, 0.2) is 0 Å². The van der Waals surface area contributed by atoms with E-state index in [0.29, 0.717) is 6.42 Å². The topological polar surface area (TPSA) is 37.3 Å². The normalized spacial score (nSPS) is 11.6. The highest BCUT2D eigenvalue weighted by Gasteiger charge is 1.91. The van der Waals surface area contributed by atoms with Gasteiger partial charge < -0.3 is 5.11 Å². The molecule has 104 valence electrons. The summed E-state index contributed by atoms with van der Waals surface area (Å²) in [7, 11) is 0. The summed E-state index contributed by atoms with van der Waals surface area (Å²) in [4.78, 5) is 10.3. The summed E-state index contributed by atoms with van der Waals surface area (Å²) >= 11 is 0. The predicted molar refractivity (Wildman–Crippen MR) is 77.8 cm³/mol. The van der Waals surface area contributed by atoms with Crippen molar-refractivity contribution < 1.29 is 9.90 Å². The Kier molecular flexibility index (Phi) is 13.2. The van der Waals surface area contributed by atoms with E-state index in [9.17, 15) is 4.79 Å². The number of allylic oxidation sites excluding steroid dienone is 4. The largest absolute Gasteiger partial charge is 0.481 e. The van der Waals surface area contributed by atoms with Crippen LogP contribution in [-0.2, 0) is 4.79 Å². The van der Waals surface area contributed by atoms with Gasteiger partial charge in [-0.05, 0) is 38.5 Å². The number of unbranched alkanes of at least 4 members (excludes halogenated alkanes) is 6. The van der Waals surface area contributed by atoms with Crippen molar-refractivity contribution in [3.8, 4) is 0 Å². The Morgan fingerprint density at radius 2 is 1.33 bits per heavy atom. The van der Waals surface area contributed by atoms with Gasteiger partial charge in [0, 0.05) is 6.42 Å². The molecule has 0 saturated carbocycles. The van der Waals surface area contributed by atoms with Gasteiger partial charge in [-0.1, -0.05) is 50.5 Å². The SMILES string of the molecule is CCC/C=C/CCCCCC/C=C/CCC(=O)O. The Balaban J connectivity index is 3.13. The van der Waals surface area contributed by atoms with Gasteiger partial charge in [-0.25, -0.2) is 0 Å². The minimum atomic E-state index is -0.712. The van der Waals surface area contributed by atoms with Crippen LogP contribution in [0, 0.1) is 0 Å². The summed E-state index contributed by atoms with van der Waals surface area (Å²) in [5.74, 6) is -0.712. The van der Waals surface area contributed by atoms with Crippen molar-refractivity contribution in [3.63, 3.8) is 0 Å². The number of hydrogen-bond donors (Lipinski definition) is 1. The van der Waals surface area contributed by atoms with Gasteiger partial charge in [0.1, 0.15) is 0 Å². The van der Waals surface area contributed by atoms with Crippen LogP contribution in [0.3, 0.4) is 0 Å². The summed E-state index contributed by atoms with van der Waals surface area (Å²) in [6.45, 7) is 2.20. The van der Waals surface area contributed by atoms with Gasteiger partial charge in [0.2, 0.25) is 0 Å². The molecule has 0 aromatic heterocycles. The first-order valence-corrected chi connectivity index (χ1v) is 7.29. The first-order valence-electron chi connectivity index (χ1n) is 7.29. The van der Waals surface area contributed by atoms with Crippen molar-refractivity contribution in [1.82, 2.24) is 0 Å². The van der Waals surface area contributed by atoms with Gasteiger partial charge in [0.05, 0.1) is 0 Å². The van der Waals surface area contributed by atoms with Crippen LogP contribution < -0.4 is 0 Å². The number of hydrogen-bond acceptors (Lipinski definition) is 1. The van der Waals surface area contributed by atoms with Crippen LogP contribution in [0.2, 0.25) is 0 Å². The third-order valence-corrected chi connectivity index (χ3v) is 2.81. The molecule has 0 saturated heterocycles. The number of carbonyl (C=O) groups is 1. The van der Waals surface area contributed by atoms with Gasteiger partial charge >= 0.3 is 5.97 Å². The highest BCUT2D eigenvalue weighted by Crippen LogP contribution is 2.07. The number of carboxylic acid groups (broad SMARTS) is 1. The maximum atomic E-state index is 10.3. The second-order valence-electron chi connectivity index (χ2n) is 4.66. The smallest absolute Gasteiger partial charge is 0.303 e. The van der Waals surface area contributed by atoms with Gasteiger partial charge in [-0.3, -0.25) is 4.79 Å². The molecule has 2 nitrogen and oxygen atoms in total. The molecule has 0 bridgehead atoms. The van der Waals surface area contributed by atoms with Gasteiger partial charge in [-0.15, -0.1) is 0 Å². The lowest BCUT2D eigenvalue weighted by Gasteiger charge is -1.97. The van der Waals surface area contributed by atoms with E-state index in [0.717, 1.165) is 6.42 Å². The average molecular weight is 252 g/mol. The average Bonchev–Trinajstić information content (AvgIpc) is 2.34. The molecule has 0 amide bonds. The van der Waals surface area contributed by atoms with Crippen molar-refractivity contribution in [3.05, 3.63) is 24.3 Å². The predicted octanol–water partition coefficient (Wildman–Crippen LogP) is 5.10. The molecule has 0 aliphatic heterocycles. The molecular formula is C16H28O2. The number of aliphatic carboxylic acids is 1. The summed E-state index contributed by atoms with van der Waals surface area (Å²) in [5, 5.41) is 8.45. The Morgan fingerprint density at radius 1 is 0.833 bits per heavy atom. The van der Waals surface area contributed by atoms with Gasteiger partial charge in [0.25, 0.3) is 0 Å². The first kappa shape index (κ1) is 16.9. The summed E-state index contributed by atoms with van der Waals surface area (Å²) in [6.07, 6.45) is 19.5. The fourth-order valence-corrected chi connectivity index (χ4v) is 1.72. The zero-order valence-corrected chi connectivity index (χ0v) is 11.7. The first-order chi connectivity index (χ1) is 8.77. The van der Waals surface area contributed by atoms with E-state index >= 15 is 0 Å². The summed E-state index contributed by atoms with van der Waals surface area (Å²) in [5.41, 5.74) is 0. The van der Waals surface area contributed by atoms with Crippen LogP contribution in [0.1, 0.15) is 71.1 Å². The van der Waals surface area contributed by atoms with Crippen molar-refractivity contribution in [2.75, 3.05) is 0 Å². The second kappa shape index (κ2) is 14.0. The van der Waals surface area contributed by atoms with E-state index in [1.165, 1.54) is 44.9 Å². The molecule has 1 N–H and O–H groups in total. The zero-order chi connectivity index (χ0) is 13.5. The van der Waals surface area contributed by atoms with Crippen LogP contribution in [0.25, 0.3) is 0 Å². The lowest BCUT2D eigenvalue weighted by atomic mass is 10.1. The van der Waals surface area contributed by atoms with Crippen molar-refractivity contribution in [2.45, 2.75) is 71.1 Å². The number of carboxylic acids is 1. The van der Waals surface area contributed by atoms with Crippen LogP contribution in [0.5, 0.6) is 0 Å². The maximum Gasteiger partial charge on any atom is 0.303 e. The quantitative estimate of drug-likeness (QED) is 0.387. The molecule has 0 aliphatic rings. The zero-order valence-electron chi connectivity index (χ0n) is 11.7. The van der Waals surface area contributed by atoms with Crippen LogP contribution in [0.15, 0.2) is 24.3 Å². The number of rotatable bonds is 12. The Labute approximate surface area is 112 Å². The molecule has 0 aromatic carbocycles. The molecular weight excluding hydrogens is 224 g/mol. The Hall–Kier alpha value is -1.05. The fraction of sp³-hybridized carbons (Fsp3) is 0.688. The molecule has 0 aliphatic carbocycles. The van der Waals surface area contributed by atoms with Crippen LogP contribution >= 0.6 is 0 Å². The van der Waals surface area contributed by atoms with Gasteiger partial charge in [-0.2, -0.15) is 0 Å². The minimum Gasteiger partial charge on any atom is -0.481 e. The molecule has 0 radical (unpaired) electrons. The minimum absolute atomic E-state index is 0.251. The molecule has 0 unspecified atom stereocenters. The lowest BCUT2D eigenvalue weighted by molar-refractivity contribution is -0.136. The monoisotopic (exact) mass is 252 g/mol. The second-order valence-corrected chi connectivity index (χ2v) is 4.66. The molecule has 0 fully saturated rings. The van der Waals surface area contributed by atoms with E-state index in [2.05, 4.69) is 25.2 Å². The Morgan fingerprint density at radius 3 is 1.83 bits per heavy atom. The maximum absolute atomic E-state index is 10.3. The standard InChI is InChI=1S/C16H28O2/c1-2-3-4-5-6-7-8-9-10-11-12-13-14-15-16(17)18/h4-5,12-13H,2-3,6-11,14-15H2,1H3,(H,17,18)/b5-4+,13-12+. The van der Waals surface area contributed by atoms with Crippen LogP contribution in [0.4, 0.5) is 0 Å². The van der Waals surface area contributed by atoms with Crippen molar-refractivity contribution in [2.24, 2.45) is 0 Å². The van der Waals surface area contributed by atoms with Crippen LogP contribution in [-0.4, -0.2) is 11.1 Å². The van der Waals surface area contributed by atoms with E-state index in [1.54, 1.807) is 0 Å². The van der Waals surface area contributed by atoms with E-state index in [1.807, 2.05) is 6.08 Å². The molecule has 0 heterocycles. The molecule has 0 atom stereocenters. The van der Waals surface area contributed by atoms with E-state index in [-0.39, 0.29) is 6.42 Å². The van der Waals surface area contributed by atoms with Crippen molar-refractivity contribution in [1.29, 1.82) is 0 Å². The molecule has 2 heteroatoms. The molecule has 0 rings (SSSR count). The lowest BCUT2D eigenvalue weighted by Crippen LogP contribution is -1.91. The van der Waals surface area contributed by atoms with E-state index in [4.69, 9.17) is 5.11 Å². The highest BCUT2D eigenvalue weighted by molar-refractivity contribution is 5.66. The fourth-order valence-electron chi connectivity index (χ4n) is 1.72. The van der Waals surface area contributed by atoms with Crippen molar-refractivity contribution >= 4 is 5.97 Å². The summed E-state index contributed by atoms with van der Waals surface area (Å²) in [6, 6.07) is 0. The molecule has 0 spiro atoms. The summed E-state index contributed by atoms with van der Waals surface area (Å²) < 4.78 is 0. The Bertz CT molecular complexity index is 241.